The highest BCUT2D eigenvalue weighted by atomic mass is 35.5. The van der Waals surface area contributed by atoms with E-state index >= 15 is 0 Å². The fourth-order valence-corrected chi connectivity index (χ4v) is 3.12. The van der Waals surface area contributed by atoms with E-state index in [9.17, 15) is 0 Å². The molecule has 0 saturated heterocycles. The fourth-order valence-electron chi connectivity index (χ4n) is 2.94. The Morgan fingerprint density at radius 3 is 2.75 bits per heavy atom. The van der Waals surface area contributed by atoms with Crippen LogP contribution in [0.1, 0.15) is 18.5 Å². The summed E-state index contributed by atoms with van der Waals surface area (Å²) in [5, 5.41) is 8.37. The lowest BCUT2D eigenvalue weighted by molar-refractivity contribution is 0.842. The highest BCUT2D eigenvalue weighted by Gasteiger charge is 2.19. The van der Waals surface area contributed by atoms with Gasteiger partial charge in [-0.1, -0.05) is 41.9 Å². The zero-order valence-electron chi connectivity index (χ0n) is 14.8. The maximum absolute atomic E-state index is 7.35. The van der Waals surface area contributed by atoms with Crippen LogP contribution in [0.3, 0.4) is 0 Å². The smallest absolute Gasteiger partial charge is 0.268 e. The molecule has 0 fully saturated rings. The highest BCUT2D eigenvalue weighted by Crippen LogP contribution is 2.33. The van der Waals surface area contributed by atoms with Crippen LogP contribution in [-0.4, -0.2) is 24.6 Å². The molecule has 4 rings (SSSR count). The highest BCUT2D eigenvalue weighted by molar-refractivity contribution is 6.29. The molecule has 3 heterocycles. The Morgan fingerprint density at radius 1 is 1.21 bits per heavy atom. The molecule has 0 amide bonds. The largest absolute Gasteiger partial charge is 0.392 e. The maximum atomic E-state index is 7.35. The number of fused-ring (bicyclic) bond motifs is 1. The molecule has 8 nitrogen and oxygen atoms in total. The first-order valence-electron chi connectivity index (χ1n) is 8.42. The molecule has 3 N–H and O–H groups in total. The third-order valence-electron chi connectivity index (χ3n) is 4.31. The van der Waals surface area contributed by atoms with Crippen molar-refractivity contribution in [1.29, 1.82) is 0 Å². The van der Waals surface area contributed by atoms with Crippen LogP contribution >= 0.6 is 11.6 Å². The van der Waals surface area contributed by atoms with Crippen LogP contribution in [0, 0.1) is 6.57 Å². The van der Waals surface area contributed by atoms with E-state index in [2.05, 4.69) is 25.1 Å². The van der Waals surface area contributed by atoms with Gasteiger partial charge < -0.3 is 11.1 Å². The zero-order chi connectivity index (χ0) is 19.7. The monoisotopic (exact) mass is 390 g/mol. The Bertz CT molecular complexity index is 1200. The minimum Gasteiger partial charge on any atom is -0.392 e. The van der Waals surface area contributed by atoms with Gasteiger partial charge in [0.1, 0.15) is 18.0 Å². The van der Waals surface area contributed by atoms with Crippen molar-refractivity contribution in [3.8, 4) is 11.3 Å². The van der Waals surface area contributed by atoms with Gasteiger partial charge in [-0.3, -0.25) is 0 Å². The number of imidazole rings is 1. The molecule has 0 bridgehead atoms. The second-order valence-corrected chi connectivity index (χ2v) is 6.49. The lowest BCUT2D eigenvalue weighted by Crippen LogP contribution is -2.12. The summed E-state index contributed by atoms with van der Waals surface area (Å²) in [5.41, 5.74) is 9.18. The Labute approximate surface area is 165 Å². The molecule has 0 unspecified atom stereocenters. The minimum atomic E-state index is -0.238. The van der Waals surface area contributed by atoms with E-state index in [1.165, 1.54) is 6.33 Å². The number of hydrogen-bond acceptors (Lipinski definition) is 6. The van der Waals surface area contributed by atoms with Gasteiger partial charge in [0, 0.05) is 11.1 Å². The summed E-state index contributed by atoms with van der Waals surface area (Å²) in [6.07, 6.45) is 2.88. The van der Waals surface area contributed by atoms with E-state index in [4.69, 9.17) is 29.0 Å². The Hall–Kier alpha value is -3.70. The number of benzene rings is 1. The second kappa shape index (κ2) is 7.13. The molecule has 28 heavy (non-hydrogen) atoms. The first kappa shape index (κ1) is 17.7. The van der Waals surface area contributed by atoms with Crippen molar-refractivity contribution < 1.29 is 0 Å². The Balaban J connectivity index is 1.83. The van der Waals surface area contributed by atoms with E-state index in [0.29, 0.717) is 16.6 Å². The SMILES string of the molecule is [C-]#[N+]c1c(N)ncnc1N[C@@H](C)c1cc2ncc(Cl)n2nc1-c1ccccc1. The lowest BCUT2D eigenvalue weighted by atomic mass is 10.0. The predicted octanol–water partition coefficient (Wildman–Crippen LogP) is 4.15. The molecule has 0 radical (unpaired) electrons. The topological polar surface area (TPSA) is 98.4 Å². The summed E-state index contributed by atoms with van der Waals surface area (Å²) >= 11 is 6.21. The average molecular weight is 391 g/mol. The number of anilines is 2. The van der Waals surface area contributed by atoms with Gasteiger partial charge in [0.15, 0.2) is 10.8 Å². The van der Waals surface area contributed by atoms with Gasteiger partial charge in [0.2, 0.25) is 0 Å². The van der Waals surface area contributed by atoms with Crippen molar-refractivity contribution in [1.82, 2.24) is 24.6 Å². The van der Waals surface area contributed by atoms with Gasteiger partial charge in [-0.05, 0) is 13.0 Å². The fraction of sp³-hybridized carbons (Fsp3) is 0.105. The zero-order valence-corrected chi connectivity index (χ0v) is 15.6. The van der Waals surface area contributed by atoms with Gasteiger partial charge in [0.25, 0.3) is 5.69 Å². The number of nitrogen functional groups attached to an aromatic ring is 1. The molecule has 4 aromatic rings. The van der Waals surface area contributed by atoms with Crippen molar-refractivity contribution in [3.05, 3.63) is 71.1 Å². The van der Waals surface area contributed by atoms with Crippen molar-refractivity contribution in [2.75, 3.05) is 11.1 Å². The first-order chi connectivity index (χ1) is 13.6. The molecular formula is C19H15ClN8. The summed E-state index contributed by atoms with van der Waals surface area (Å²) < 4.78 is 1.59. The molecule has 0 aliphatic heterocycles. The van der Waals surface area contributed by atoms with Crippen LogP contribution in [0.25, 0.3) is 21.7 Å². The maximum Gasteiger partial charge on any atom is 0.268 e. The molecule has 0 aliphatic carbocycles. The van der Waals surface area contributed by atoms with Crippen LogP contribution in [0.4, 0.5) is 17.3 Å². The number of nitrogens with two attached hydrogens (primary N) is 1. The van der Waals surface area contributed by atoms with Crippen molar-refractivity contribution in [3.63, 3.8) is 0 Å². The molecule has 3 aromatic heterocycles. The van der Waals surface area contributed by atoms with Crippen LogP contribution in [0.5, 0.6) is 0 Å². The van der Waals surface area contributed by atoms with Gasteiger partial charge >= 0.3 is 0 Å². The molecule has 138 valence electrons. The van der Waals surface area contributed by atoms with Gasteiger partial charge in [-0.15, -0.1) is 0 Å². The molecule has 0 aliphatic rings. The number of hydrogen-bond donors (Lipinski definition) is 2. The minimum absolute atomic E-state index is 0.136. The Morgan fingerprint density at radius 2 is 2.00 bits per heavy atom. The second-order valence-electron chi connectivity index (χ2n) is 6.10. The van der Waals surface area contributed by atoms with Gasteiger partial charge in [0.05, 0.1) is 24.5 Å². The van der Waals surface area contributed by atoms with Crippen LogP contribution in [0.15, 0.2) is 48.9 Å². The molecule has 1 atom stereocenters. The van der Waals surface area contributed by atoms with Crippen LogP contribution in [-0.2, 0) is 0 Å². The quantitative estimate of drug-likeness (QED) is 0.508. The van der Waals surface area contributed by atoms with E-state index in [0.717, 1.165) is 16.8 Å². The average Bonchev–Trinajstić information content (AvgIpc) is 3.08. The van der Waals surface area contributed by atoms with E-state index in [1.807, 2.05) is 43.3 Å². The first-order valence-corrected chi connectivity index (χ1v) is 8.80. The van der Waals surface area contributed by atoms with Gasteiger partial charge in [-0.25, -0.2) is 24.3 Å². The van der Waals surface area contributed by atoms with Crippen LogP contribution in [0.2, 0.25) is 5.15 Å². The van der Waals surface area contributed by atoms with Crippen molar-refractivity contribution >= 4 is 34.6 Å². The summed E-state index contributed by atoms with van der Waals surface area (Å²) in [6, 6.07) is 11.5. The number of rotatable bonds is 4. The third-order valence-corrected chi connectivity index (χ3v) is 4.57. The number of nitrogens with zero attached hydrogens (tertiary/aromatic N) is 6. The normalized spacial score (nSPS) is 11.9. The standard InChI is InChI=1S/C19H15ClN8/c1-11(26-19-17(22-2)18(21)24-10-25-19)13-8-15-23-9-14(20)28(15)27-16(13)12-6-4-3-5-7-12/h3-11H,1H3,(H3,21,24,25,26)/t11-/m0/s1. The van der Waals surface area contributed by atoms with Crippen molar-refractivity contribution in [2.45, 2.75) is 13.0 Å². The summed E-state index contributed by atoms with van der Waals surface area (Å²) in [5.74, 6) is 0.506. The molecule has 1 aromatic carbocycles. The molecule has 9 heteroatoms. The summed E-state index contributed by atoms with van der Waals surface area (Å²) in [7, 11) is 0. The molecular weight excluding hydrogens is 376 g/mol. The van der Waals surface area contributed by atoms with E-state index in [1.54, 1.807) is 10.7 Å². The predicted molar refractivity (Wildman–Crippen MR) is 108 cm³/mol. The summed E-state index contributed by atoms with van der Waals surface area (Å²) in [6.45, 7) is 9.30. The molecule has 0 spiro atoms. The van der Waals surface area contributed by atoms with Gasteiger partial charge in [-0.2, -0.15) is 5.10 Å². The van der Waals surface area contributed by atoms with E-state index in [-0.39, 0.29) is 17.5 Å². The number of nitrogens with one attached hydrogen (secondary N) is 1. The van der Waals surface area contributed by atoms with E-state index < -0.39 is 0 Å². The van der Waals surface area contributed by atoms with Crippen LogP contribution < -0.4 is 11.1 Å². The summed E-state index contributed by atoms with van der Waals surface area (Å²) in [4.78, 5) is 15.8. The Kier molecular flexibility index (Phi) is 4.51. The third kappa shape index (κ3) is 3.08. The molecule has 0 saturated carbocycles. The number of halogens is 1. The number of aromatic nitrogens is 5. The lowest BCUT2D eigenvalue weighted by Gasteiger charge is -2.19. The van der Waals surface area contributed by atoms with Crippen molar-refractivity contribution in [2.24, 2.45) is 0 Å².